The highest BCUT2D eigenvalue weighted by molar-refractivity contribution is 9.09. The summed E-state index contributed by atoms with van der Waals surface area (Å²) >= 11 is 3.15. The predicted molar refractivity (Wildman–Crippen MR) is 119 cm³/mol. The van der Waals surface area contributed by atoms with Gasteiger partial charge >= 0.3 is 12.9 Å². The Bertz CT molecular complexity index is 1320. The number of aromatic nitrogens is 6. The number of pyridine rings is 2. The highest BCUT2D eigenvalue weighted by Gasteiger charge is 2.18. The molecule has 188 valence electrons. The zero-order chi connectivity index (χ0) is 26.0. The van der Waals surface area contributed by atoms with Crippen molar-refractivity contribution in [3.8, 4) is 22.9 Å². The van der Waals surface area contributed by atoms with Crippen LogP contribution in [-0.2, 0) is 6.54 Å². The highest BCUT2D eigenvalue weighted by atomic mass is 79.9. The van der Waals surface area contributed by atoms with Crippen LogP contribution >= 0.6 is 15.9 Å². The highest BCUT2D eigenvalue weighted by Crippen LogP contribution is 2.22. The largest absolute Gasteiger partial charge is 0.415 e. The fourth-order valence-electron chi connectivity index (χ4n) is 2.36. The van der Waals surface area contributed by atoms with E-state index in [9.17, 15) is 27.2 Å². The Kier molecular flexibility index (Phi) is 10.5. The van der Waals surface area contributed by atoms with E-state index in [1.54, 1.807) is 12.3 Å². The Hall–Kier alpha value is -3.62. The molecule has 0 aliphatic carbocycles. The van der Waals surface area contributed by atoms with E-state index >= 15 is 0 Å². The molecule has 4 aromatic heterocycles. The molecule has 0 bridgehead atoms. The fourth-order valence-corrected chi connectivity index (χ4v) is 2.36. The lowest BCUT2D eigenvalue weighted by atomic mass is 10.2. The predicted octanol–water partition coefficient (Wildman–Crippen LogP) is 4.62. The maximum Gasteiger partial charge on any atom is 0.314 e. The lowest BCUT2D eigenvalue weighted by molar-refractivity contribution is 0.115. The minimum absolute atomic E-state index is 0.0827. The van der Waals surface area contributed by atoms with E-state index in [4.69, 9.17) is 4.42 Å². The van der Waals surface area contributed by atoms with Gasteiger partial charge in [-0.2, -0.15) is 17.6 Å². The third-order valence-corrected chi connectivity index (χ3v) is 3.86. The lowest BCUT2D eigenvalue weighted by Crippen LogP contribution is -2.17. The van der Waals surface area contributed by atoms with E-state index in [-0.39, 0.29) is 22.9 Å². The second-order valence-electron chi connectivity index (χ2n) is 6.24. The van der Waals surface area contributed by atoms with Crippen molar-refractivity contribution < 1.29 is 26.4 Å². The van der Waals surface area contributed by atoms with Crippen LogP contribution in [0.3, 0.4) is 0 Å². The summed E-state index contributed by atoms with van der Waals surface area (Å²) in [4.78, 5) is 24.8. The molecule has 0 unspecified atom stereocenters. The zero-order valence-electron chi connectivity index (χ0n) is 18.3. The molecular formula is C20H19BrF4N6O4. The Morgan fingerprint density at radius 3 is 1.83 bits per heavy atom. The quantitative estimate of drug-likeness (QED) is 0.275. The summed E-state index contributed by atoms with van der Waals surface area (Å²) in [5, 5.41) is 14.3. The minimum Gasteiger partial charge on any atom is -0.415 e. The standard InChI is InChI=1S/C10H9F2N3O2.C8H5F2N3O2.C2H5Br/c1-2-15-4-3-6(5-7(15)16)9-13-14-10(17-9)8(11)12;9-6(10)8-13-12-7(15-8)4-1-2-11-5(14)3-4;1-2-3/h3-5,8H,2H2,1H3;1-3,6H,(H,11,14);2H2,1H3. The van der Waals surface area contributed by atoms with Gasteiger partial charge < -0.3 is 18.4 Å². The molecule has 0 atom stereocenters. The number of H-pyrrole nitrogens is 1. The molecule has 35 heavy (non-hydrogen) atoms. The summed E-state index contributed by atoms with van der Waals surface area (Å²) in [6.45, 7) is 4.40. The molecule has 0 amide bonds. The van der Waals surface area contributed by atoms with Gasteiger partial charge in [0.05, 0.1) is 0 Å². The van der Waals surface area contributed by atoms with Crippen LogP contribution in [0.4, 0.5) is 17.6 Å². The molecule has 0 aliphatic rings. The number of aryl methyl sites for hydroxylation is 1. The first kappa shape index (κ1) is 27.6. The summed E-state index contributed by atoms with van der Waals surface area (Å²) in [6.07, 6.45) is -2.71. The molecular weight excluding hydrogens is 544 g/mol. The SMILES string of the molecule is CCBr.CCn1ccc(-c2nnc(C(F)F)o2)cc1=O.O=c1cc(-c2nnc(C(F)F)o2)cc[nH]1. The van der Waals surface area contributed by atoms with Crippen LogP contribution in [0.15, 0.2) is 55.1 Å². The van der Waals surface area contributed by atoms with Gasteiger partial charge in [-0.15, -0.1) is 20.4 Å². The molecule has 15 heteroatoms. The van der Waals surface area contributed by atoms with Gasteiger partial charge in [0.1, 0.15) is 0 Å². The first-order valence-corrected chi connectivity index (χ1v) is 11.0. The summed E-state index contributed by atoms with van der Waals surface area (Å²) < 4.78 is 59.6. The van der Waals surface area contributed by atoms with Crippen molar-refractivity contribution in [3.05, 3.63) is 69.1 Å². The van der Waals surface area contributed by atoms with Crippen molar-refractivity contribution in [2.75, 3.05) is 5.33 Å². The smallest absolute Gasteiger partial charge is 0.314 e. The molecule has 4 aromatic rings. The molecule has 1 N–H and O–H groups in total. The van der Waals surface area contributed by atoms with Crippen LogP contribution in [0.5, 0.6) is 0 Å². The van der Waals surface area contributed by atoms with Gasteiger partial charge in [0.25, 0.3) is 17.3 Å². The summed E-state index contributed by atoms with van der Waals surface area (Å²) in [5.74, 6) is -1.69. The van der Waals surface area contributed by atoms with Crippen LogP contribution in [0.2, 0.25) is 0 Å². The molecule has 4 heterocycles. The van der Waals surface area contributed by atoms with Crippen LogP contribution in [0, 0.1) is 0 Å². The van der Waals surface area contributed by atoms with Crippen molar-refractivity contribution in [2.24, 2.45) is 0 Å². The lowest BCUT2D eigenvalue weighted by Gasteiger charge is -2.00. The topological polar surface area (TPSA) is 133 Å². The molecule has 0 fully saturated rings. The Morgan fingerprint density at radius 2 is 1.43 bits per heavy atom. The number of rotatable bonds is 5. The maximum absolute atomic E-state index is 12.2. The zero-order valence-corrected chi connectivity index (χ0v) is 19.9. The summed E-state index contributed by atoms with van der Waals surface area (Å²) in [6, 6.07) is 5.49. The van der Waals surface area contributed by atoms with Gasteiger partial charge in [-0.05, 0) is 19.1 Å². The Balaban J connectivity index is 0.000000223. The second-order valence-corrected chi connectivity index (χ2v) is 7.36. The number of halogens is 5. The number of nitrogens with zero attached hydrogens (tertiary/aromatic N) is 5. The van der Waals surface area contributed by atoms with Gasteiger partial charge in [-0.1, -0.05) is 22.9 Å². The van der Waals surface area contributed by atoms with Gasteiger partial charge in [0.2, 0.25) is 17.3 Å². The van der Waals surface area contributed by atoms with E-state index in [1.165, 1.54) is 29.0 Å². The van der Waals surface area contributed by atoms with Crippen molar-refractivity contribution in [1.29, 1.82) is 0 Å². The van der Waals surface area contributed by atoms with Crippen molar-refractivity contribution in [2.45, 2.75) is 33.2 Å². The van der Waals surface area contributed by atoms with E-state index < -0.39 is 24.6 Å². The number of aromatic amines is 1. The van der Waals surface area contributed by atoms with Gasteiger partial charge in [-0.3, -0.25) is 9.59 Å². The van der Waals surface area contributed by atoms with Crippen molar-refractivity contribution in [1.82, 2.24) is 29.9 Å². The number of hydrogen-bond acceptors (Lipinski definition) is 8. The monoisotopic (exact) mass is 562 g/mol. The normalized spacial score (nSPS) is 10.5. The van der Waals surface area contributed by atoms with Crippen LogP contribution in [0.25, 0.3) is 22.9 Å². The first-order valence-electron chi connectivity index (χ1n) is 9.89. The van der Waals surface area contributed by atoms with Crippen LogP contribution in [-0.4, -0.2) is 35.3 Å². The minimum atomic E-state index is -2.81. The van der Waals surface area contributed by atoms with E-state index in [0.29, 0.717) is 17.7 Å². The van der Waals surface area contributed by atoms with Gasteiger partial charge in [0, 0.05) is 47.5 Å². The van der Waals surface area contributed by atoms with E-state index in [1.807, 2.05) is 13.8 Å². The molecule has 0 saturated carbocycles. The number of alkyl halides is 5. The molecule has 10 nitrogen and oxygen atoms in total. The number of hydrogen-bond donors (Lipinski definition) is 1. The maximum atomic E-state index is 12.2. The molecule has 0 radical (unpaired) electrons. The van der Waals surface area contributed by atoms with Crippen LogP contribution < -0.4 is 11.1 Å². The molecule has 0 saturated heterocycles. The molecule has 0 aromatic carbocycles. The van der Waals surface area contributed by atoms with Gasteiger partial charge in [-0.25, -0.2) is 0 Å². The molecule has 4 rings (SSSR count). The van der Waals surface area contributed by atoms with E-state index in [2.05, 4.69) is 45.7 Å². The first-order chi connectivity index (χ1) is 16.7. The third-order valence-electron chi connectivity index (χ3n) is 3.86. The Morgan fingerprint density at radius 1 is 0.914 bits per heavy atom. The van der Waals surface area contributed by atoms with Crippen LogP contribution in [0.1, 0.15) is 38.5 Å². The summed E-state index contributed by atoms with van der Waals surface area (Å²) in [5.41, 5.74) is 0.0170. The molecule has 0 aliphatic heterocycles. The average molecular weight is 563 g/mol. The summed E-state index contributed by atoms with van der Waals surface area (Å²) in [7, 11) is 0. The van der Waals surface area contributed by atoms with E-state index in [0.717, 1.165) is 5.33 Å². The van der Waals surface area contributed by atoms with Crippen molar-refractivity contribution >= 4 is 15.9 Å². The second kappa shape index (κ2) is 13.3. The third kappa shape index (κ3) is 7.98. The average Bonchev–Trinajstić information content (AvgIpc) is 3.51. The van der Waals surface area contributed by atoms with Gasteiger partial charge in [0.15, 0.2) is 0 Å². The van der Waals surface area contributed by atoms with Crippen molar-refractivity contribution in [3.63, 3.8) is 0 Å². The Labute approximate surface area is 203 Å². The number of nitrogens with one attached hydrogen (secondary N) is 1. The molecule has 0 spiro atoms. The fraction of sp³-hybridized carbons (Fsp3) is 0.300.